The SMILES string of the molecule is CC(NC(=O)C(NS(=O)(=O)c1ccc(CN)cc1)c1ccccc1)c1ccccc1. The van der Waals surface area contributed by atoms with Crippen molar-refractivity contribution in [3.8, 4) is 0 Å². The fourth-order valence-corrected chi connectivity index (χ4v) is 4.25. The number of benzene rings is 3. The number of rotatable bonds is 8. The number of carbonyl (C=O) groups excluding carboxylic acids is 1. The number of nitrogens with one attached hydrogen (secondary N) is 2. The molecule has 0 aliphatic rings. The Bertz CT molecular complexity index is 1070. The Balaban J connectivity index is 1.86. The molecule has 0 fully saturated rings. The third-order valence-electron chi connectivity index (χ3n) is 4.80. The van der Waals surface area contributed by atoms with E-state index in [2.05, 4.69) is 10.0 Å². The summed E-state index contributed by atoms with van der Waals surface area (Å²) in [5, 5.41) is 2.90. The minimum Gasteiger partial charge on any atom is -0.348 e. The lowest BCUT2D eigenvalue weighted by molar-refractivity contribution is -0.123. The van der Waals surface area contributed by atoms with E-state index in [1.54, 1.807) is 36.4 Å². The van der Waals surface area contributed by atoms with E-state index in [9.17, 15) is 13.2 Å². The molecule has 0 aromatic heterocycles. The minimum atomic E-state index is -3.93. The van der Waals surface area contributed by atoms with Gasteiger partial charge in [-0.3, -0.25) is 4.79 Å². The van der Waals surface area contributed by atoms with Gasteiger partial charge in [-0.2, -0.15) is 4.72 Å². The van der Waals surface area contributed by atoms with Gasteiger partial charge in [-0.15, -0.1) is 0 Å². The lowest BCUT2D eigenvalue weighted by atomic mass is 10.1. The van der Waals surface area contributed by atoms with Crippen LogP contribution in [0, 0.1) is 0 Å². The molecular weight excluding hydrogens is 398 g/mol. The third-order valence-corrected chi connectivity index (χ3v) is 6.23. The van der Waals surface area contributed by atoms with E-state index in [0.717, 1.165) is 11.1 Å². The van der Waals surface area contributed by atoms with Crippen LogP contribution in [0.15, 0.2) is 89.8 Å². The second-order valence-electron chi connectivity index (χ2n) is 6.95. The van der Waals surface area contributed by atoms with Crippen molar-refractivity contribution in [3.05, 3.63) is 102 Å². The van der Waals surface area contributed by atoms with Crippen molar-refractivity contribution in [3.63, 3.8) is 0 Å². The fraction of sp³-hybridized carbons (Fsp3) is 0.174. The molecule has 6 nitrogen and oxygen atoms in total. The first-order valence-corrected chi connectivity index (χ1v) is 11.1. The predicted molar refractivity (Wildman–Crippen MR) is 117 cm³/mol. The first kappa shape index (κ1) is 21.7. The molecule has 0 saturated carbocycles. The van der Waals surface area contributed by atoms with Gasteiger partial charge in [-0.1, -0.05) is 72.8 Å². The van der Waals surface area contributed by atoms with Gasteiger partial charge in [0.15, 0.2) is 0 Å². The monoisotopic (exact) mass is 423 g/mol. The smallest absolute Gasteiger partial charge is 0.243 e. The summed E-state index contributed by atoms with van der Waals surface area (Å²) >= 11 is 0. The van der Waals surface area contributed by atoms with Crippen LogP contribution in [0.2, 0.25) is 0 Å². The van der Waals surface area contributed by atoms with Crippen LogP contribution in [0.25, 0.3) is 0 Å². The molecule has 2 unspecified atom stereocenters. The average Bonchev–Trinajstić information content (AvgIpc) is 2.78. The second-order valence-corrected chi connectivity index (χ2v) is 8.67. The maximum absolute atomic E-state index is 13.1. The summed E-state index contributed by atoms with van der Waals surface area (Å²) in [5.41, 5.74) is 7.89. The molecule has 0 aliphatic carbocycles. The average molecular weight is 424 g/mol. The first-order valence-electron chi connectivity index (χ1n) is 9.62. The van der Waals surface area contributed by atoms with Crippen molar-refractivity contribution in [2.45, 2.75) is 30.4 Å². The Morgan fingerprint density at radius 2 is 1.40 bits per heavy atom. The maximum atomic E-state index is 13.1. The van der Waals surface area contributed by atoms with E-state index in [1.165, 1.54) is 12.1 Å². The number of hydrogen-bond acceptors (Lipinski definition) is 4. The highest BCUT2D eigenvalue weighted by Crippen LogP contribution is 2.20. The molecule has 0 saturated heterocycles. The van der Waals surface area contributed by atoms with Crippen molar-refractivity contribution in [2.75, 3.05) is 0 Å². The lowest BCUT2D eigenvalue weighted by Gasteiger charge is -2.22. The van der Waals surface area contributed by atoms with Crippen molar-refractivity contribution < 1.29 is 13.2 Å². The minimum absolute atomic E-state index is 0.0736. The molecule has 30 heavy (non-hydrogen) atoms. The zero-order chi connectivity index (χ0) is 21.6. The highest BCUT2D eigenvalue weighted by atomic mass is 32.2. The predicted octanol–water partition coefficient (Wildman–Crippen LogP) is 3.04. The zero-order valence-corrected chi connectivity index (χ0v) is 17.5. The van der Waals surface area contributed by atoms with Gasteiger partial charge in [0.25, 0.3) is 0 Å². The van der Waals surface area contributed by atoms with Crippen LogP contribution in [0.1, 0.15) is 35.7 Å². The standard InChI is InChI=1S/C23H25N3O3S/c1-17(19-8-4-2-5-9-19)25-23(27)22(20-10-6-3-7-11-20)26-30(28,29)21-14-12-18(16-24)13-15-21/h2-15,17,22,26H,16,24H2,1H3,(H,25,27). The van der Waals surface area contributed by atoms with E-state index in [-0.39, 0.29) is 10.9 Å². The molecule has 3 rings (SSSR count). The molecule has 3 aromatic carbocycles. The molecule has 1 amide bonds. The zero-order valence-electron chi connectivity index (χ0n) is 16.7. The Labute approximate surface area is 177 Å². The Morgan fingerprint density at radius 3 is 1.93 bits per heavy atom. The summed E-state index contributed by atoms with van der Waals surface area (Å²) in [5.74, 6) is -0.431. The summed E-state index contributed by atoms with van der Waals surface area (Å²) in [6.07, 6.45) is 0. The van der Waals surface area contributed by atoms with E-state index in [0.29, 0.717) is 12.1 Å². The molecule has 156 valence electrons. The van der Waals surface area contributed by atoms with Crippen LogP contribution in [-0.2, 0) is 21.4 Å². The Kier molecular flexibility index (Phi) is 6.99. The number of hydrogen-bond donors (Lipinski definition) is 3. The second kappa shape index (κ2) is 9.67. The first-order chi connectivity index (χ1) is 14.4. The number of carbonyl (C=O) groups is 1. The third kappa shape index (κ3) is 5.33. The number of amides is 1. The largest absolute Gasteiger partial charge is 0.348 e. The van der Waals surface area contributed by atoms with Crippen molar-refractivity contribution in [2.24, 2.45) is 5.73 Å². The van der Waals surface area contributed by atoms with Gasteiger partial charge < -0.3 is 11.1 Å². The molecule has 4 N–H and O–H groups in total. The number of sulfonamides is 1. The molecule has 0 heterocycles. The van der Waals surface area contributed by atoms with E-state index in [4.69, 9.17) is 5.73 Å². The summed E-state index contributed by atoms with van der Waals surface area (Å²) in [6.45, 7) is 2.18. The summed E-state index contributed by atoms with van der Waals surface area (Å²) in [7, 11) is -3.93. The summed E-state index contributed by atoms with van der Waals surface area (Å²) in [4.78, 5) is 13.2. The Morgan fingerprint density at radius 1 is 0.867 bits per heavy atom. The molecule has 0 radical (unpaired) electrons. The number of nitrogens with two attached hydrogens (primary N) is 1. The van der Waals surface area contributed by atoms with Gasteiger partial charge in [0.1, 0.15) is 6.04 Å². The van der Waals surface area contributed by atoms with Gasteiger partial charge >= 0.3 is 0 Å². The highest BCUT2D eigenvalue weighted by Gasteiger charge is 2.28. The van der Waals surface area contributed by atoms with Crippen molar-refractivity contribution in [1.29, 1.82) is 0 Å². The molecule has 0 aliphatic heterocycles. The lowest BCUT2D eigenvalue weighted by Crippen LogP contribution is -2.41. The molecule has 7 heteroatoms. The fourth-order valence-electron chi connectivity index (χ4n) is 3.07. The van der Waals surface area contributed by atoms with Crippen LogP contribution in [0.3, 0.4) is 0 Å². The van der Waals surface area contributed by atoms with E-state index >= 15 is 0 Å². The molecular formula is C23H25N3O3S. The maximum Gasteiger partial charge on any atom is 0.243 e. The highest BCUT2D eigenvalue weighted by molar-refractivity contribution is 7.89. The summed E-state index contributed by atoms with van der Waals surface area (Å²) < 4.78 is 28.5. The van der Waals surface area contributed by atoms with Gasteiger partial charge in [0.05, 0.1) is 10.9 Å². The van der Waals surface area contributed by atoms with Crippen LogP contribution in [0.4, 0.5) is 0 Å². The van der Waals surface area contributed by atoms with Gasteiger partial charge in [0.2, 0.25) is 15.9 Å². The Hall–Kier alpha value is -3.00. The van der Waals surface area contributed by atoms with Crippen molar-refractivity contribution in [1.82, 2.24) is 10.0 Å². The van der Waals surface area contributed by atoms with E-state index in [1.807, 2.05) is 43.3 Å². The molecule has 0 spiro atoms. The van der Waals surface area contributed by atoms with E-state index < -0.39 is 22.0 Å². The topological polar surface area (TPSA) is 101 Å². The van der Waals surface area contributed by atoms with Crippen LogP contribution in [-0.4, -0.2) is 14.3 Å². The summed E-state index contributed by atoms with van der Waals surface area (Å²) in [6, 6.07) is 23.2. The van der Waals surface area contributed by atoms with Crippen LogP contribution < -0.4 is 15.8 Å². The van der Waals surface area contributed by atoms with Gasteiger partial charge in [-0.05, 0) is 35.7 Å². The molecule has 3 aromatic rings. The van der Waals surface area contributed by atoms with Gasteiger partial charge in [0, 0.05) is 6.54 Å². The normalized spacial score (nSPS) is 13.4. The quantitative estimate of drug-likeness (QED) is 0.518. The molecule has 0 bridgehead atoms. The van der Waals surface area contributed by atoms with Gasteiger partial charge in [-0.25, -0.2) is 8.42 Å². The van der Waals surface area contributed by atoms with Crippen LogP contribution >= 0.6 is 0 Å². The van der Waals surface area contributed by atoms with Crippen molar-refractivity contribution >= 4 is 15.9 Å². The molecule has 2 atom stereocenters. The van der Waals surface area contributed by atoms with Crippen LogP contribution in [0.5, 0.6) is 0 Å².